The molecule has 0 aliphatic heterocycles. The predicted molar refractivity (Wildman–Crippen MR) is 138 cm³/mol. The molecule has 36 heavy (non-hydrogen) atoms. The summed E-state index contributed by atoms with van der Waals surface area (Å²) in [5.74, 6) is -2.33. The first-order valence-corrected chi connectivity index (χ1v) is 11.8. The van der Waals surface area contributed by atoms with Gasteiger partial charge in [-0.1, -0.05) is 66.2 Å². The van der Waals surface area contributed by atoms with Gasteiger partial charge in [0.05, 0.1) is 6.61 Å². The Bertz CT molecular complexity index is 1330. The van der Waals surface area contributed by atoms with Crippen molar-refractivity contribution >= 4 is 0 Å². The lowest BCUT2D eigenvalue weighted by Crippen LogP contribution is -2.00. The third-order valence-electron chi connectivity index (χ3n) is 5.83. The Morgan fingerprint density at radius 1 is 0.722 bits per heavy atom. The highest BCUT2D eigenvalue weighted by atomic mass is 19.2. The highest BCUT2D eigenvalue weighted by molar-refractivity contribution is 5.66. The first-order chi connectivity index (χ1) is 17.5. The van der Waals surface area contributed by atoms with Gasteiger partial charge in [-0.05, 0) is 66.3 Å². The molecule has 0 saturated carbocycles. The summed E-state index contributed by atoms with van der Waals surface area (Å²) >= 11 is 0. The Hall–Kier alpha value is -3.99. The van der Waals surface area contributed by atoms with Crippen LogP contribution in [0.3, 0.4) is 0 Å². The van der Waals surface area contributed by atoms with E-state index in [1.54, 1.807) is 30.3 Å². The molecule has 0 saturated heterocycles. The molecule has 5 heteroatoms. The van der Waals surface area contributed by atoms with Crippen LogP contribution in [0.5, 0.6) is 11.5 Å². The van der Waals surface area contributed by atoms with Gasteiger partial charge in [0.25, 0.3) is 0 Å². The van der Waals surface area contributed by atoms with E-state index in [2.05, 4.69) is 6.58 Å². The van der Waals surface area contributed by atoms with Crippen LogP contribution in [-0.4, -0.2) is 6.61 Å². The molecular weight excluding hydrogens is 461 g/mol. The van der Waals surface area contributed by atoms with Crippen molar-refractivity contribution in [3.05, 3.63) is 120 Å². The van der Waals surface area contributed by atoms with Crippen LogP contribution in [0.4, 0.5) is 13.2 Å². The van der Waals surface area contributed by atoms with Gasteiger partial charge in [0.2, 0.25) is 5.82 Å². The predicted octanol–water partition coefficient (Wildman–Crippen LogP) is 8.67. The van der Waals surface area contributed by atoms with Gasteiger partial charge in [0.15, 0.2) is 23.1 Å². The molecule has 4 rings (SSSR count). The molecular formula is C31H27F3O2. The molecule has 0 spiro atoms. The standard InChI is InChI=1S/C31H27F3O2/c1-3-4-5-18-35-28-16-14-25(19-27(28)32)23-12-8-22(9-13-23)20-36-29-17-15-26(30(33)31(29)34)24-10-6-21(2)7-11-24/h3,6-17,19H,1,4-5,18,20H2,2H3. The maximum Gasteiger partial charge on any atom is 0.201 e. The highest BCUT2D eigenvalue weighted by Gasteiger charge is 2.16. The Morgan fingerprint density at radius 2 is 1.39 bits per heavy atom. The number of halogens is 3. The first kappa shape index (κ1) is 25.1. The third-order valence-corrected chi connectivity index (χ3v) is 5.83. The van der Waals surface area contributed by atoms with E-state index in [-0.39, 0.29) is 23.7 Å². The Balaban J connectivity index is 1.40. The second kappa shape index (κ2) is 11.6. The number of ether oxygens (including phenoxy) is 2. The van der Waals surface area contributed by atoms with Crippen molar-refractivity contribution < 1.29 is 22.6 Å². The third kappa shape index (κ3) is 5.98. The minimum absolute atomic E-state index is 0.0619. The number of rotatable bonds is 10. The van der Waals surface area contributed by atoms with Crippen LogP contribution in [0.1, 0.15) is 24.0 Å². The summed E-state index contributed by atoms with van der Waals surface area (Å²) < 4.78 is 54.8. The summed E-state index contributed by atoms with van der Waals surface area (Å²) in [6.45, 7) is 6.08. The van der Waals surface area contributed by atoms with Crippen molar-refractivity contribution in [2.24, 2.45) is 0 Å². The second-order valence-electron chi connectivity index (χ2n) is 8.52. The average Bonchev–Trinajstić information content (AvgIpc) is 2.89. The Labute approximate surface area is 209 Å². The van der Waals surface area contributed by atoms with E-state index < -0.39 is 17.5 Å². The summed E-state index contributed by atoms with van der Waals surface area (Å²) in [7, 11) is 0. The molecule has 4 aromatic rings. The molecule has 0 atom stereocenters. The summed E-state index contributed by atoms with van der Waals surface area (Å²) in [6, 6.07) is 22.3. The van der Waals surface area contributed by atoms with E-state index in [0.29, 0.717) is 17.7 Å². The number of allylic oxidation sites excluding steroid dienone is 1. The molecule has 0 unspecified atom stereocenters. The monoisotopic (exact) mass is 488 g/mol. The lowest BCUT2D eigenvalue weighted by molar-refractivity contribution is 0.285. The largest absolute Gasteiger partial charge is 0.491 e. The highest BCUT2D eigenvalue weighted by Crippen LogP contribution is 2.31. The molecule has 0 N–H and O–H groups in total. The van der Waals surface area contributed by atoms with E-state index in [9.17, 15) is 13.2 Å². The molecule has 2 nitrogen and oxygen atoms in total. The molecule has 0 fully saturated rings. The van der Waals surface area contributed by atoms with E-state index >= 15 is 0 Å². The zero-order valence-electron chi connectivity index (χ0n) is 20.1. The maximum atomic E-state index is 14.7. The van der Waals surface area contributed by atoms with Gasteiger partial charge in [0, 0.05) is 5.56 Å². The molecule has 0 heterocycles. The first-order valence-electron chi connectivity index (χ1n) is 11.8. The van der Waals surface area contributed by atoms with Crippen LogP contribution in [0.2, 0.25) is 0 Å². The molecule has 0 aliphatic carbocycles. The SMILES string of the molecule is C=CCCCOc1ccc(-c2ccc(COc3ccc(-c4ccc(C)cc4)c(F)c3F)cc2)cc1F. The van der Waals surface area contributed by atoms with Gasteiger partial charge < -0.3 is 9.47 Å². The minimum Gasteiger partial charge on any atom is -0.491 e. The van der Waals surface area contributed by atoms with Crippen molar-refractivity contribution in [2.75, 3.05) is 6.61 Å². The molecule has 0 bridgehead atoms. The lowest BCUT2D eigenvalue weighted by atomic mass is 10.0. The fourth-order valence-corrected chi connectivity index (χ4v) is 3.76. The molecule has 0 radical (unpaired) electrons. The van der Waals surface area contributed by atoms with Gasteiger partial charge >= 0.3 is 0 Å². The number of aryl methyl sites for hydroxylation is 1. The van der Waals surface area contributed by atoms with Gasteiger partial charge in [-0.2, -0.15) is 4.39 Å². The second-order valence-corrected chi connectivity index (χ2v) is 8.52. The van der Waals surface area contributed by atoms with Crippen molar-refractivity contribution in [2.45, 2.75) is 26.4 Å². The van der Waals surface area contributed by atoms with E-state index in [1.807, 2.05) is 43.3 Å². The van der Waals surface area contributed by atoms with E-state index in [1.165, 1.54) is 18.2 Å². The normalized spacial score (nSPS) is 10.8. The van der Waals surface area contributed by atoms with Crippen LogP contribution in [-0.2, 0) is 6.61 Å². The Kier molecular flexibility index (Phi) is 8.11. The number of benzene rings is 4. The zero-order valence-corrected chi connectivity index (χ0v) is 20.1. The fourth-order valence-electron chi connectivity index (χ4n) is 3.76. The van der Waals surface area contributed by atoms with Crippen molar-refractivity contribution in [3.8, 4) is 33.8 Å². The quantitative estimate of drug-likeness (QED) is 0.164. The van der Waals surface area contributed by atoms with Crippen LogP contribution >= 0.6 is 0 Å². The summed E-state index contributed by atoms with van der Waals surface area (Å²) in [5, 5.41) is 0. The van der Waals surface area contributed by atoms with Crippen LogP contribution in [0, 0.1) is 24.4 Å². The van der Waals surface area contributed by atoms with Crippen molar-refractivity contribution in [3.63, 3.8) is 0 Å². The number of hydrogen-bond donors (Lipinski definition) is 0. The van der Waals surface area contributed by atoms with Gasteiger partial charge in [-0.3, -0.25) is 0 Å². The van der Waals surface area contributed by atoms with Crippen molar-refractivity contribution in [1.82, 2.24) is 0 Å². The van der Waals surface area contributed by atoms with Gasteiger partial charge in [-0.25, -0.2) is 8.78 Å². The smallest absolute Gasteiger partial charge is 0.201 e. The Morgan fingerprint density at radius 3 is 2.08 bits per heavy atom. The summed E-state index contributed by atoms with van der Waals surface area (Å²) in [5.41, 5.74) is 4.11. The van der Waals surface area contributed by atoms with Gasteiger partial charge in [0.1, 0.15) is 6.61 Å². The zero-order chi connectivity index (χ0) is 25.5. The molecule has 4 aromatic carbocycles. The summed E-state index contributed by atoms with van der Waals surface area (Å²) in [4.78, 5) is 0. The van der Waals surface area contributed by atoms with Gasteiger partial charge in [-0.15, -0.1) is 6.58 Å². The van der Waals surface area contributed by atoms with Crippen LogP contribution in [0.15, 0.2) is 91.5 Å². The molecule has 0 aromatic heterocycles. The fraction of sp³-hybridized carbons (Fsp3) is 0.161. The topological polar surface area (TPSA) is 18.5 Å². The molecule has 0 aliphatic rings. The number of unbranched alkanes of at least 4 members (excludes halogenated alkanes) is 1. The average molecular weight is 489 g/mol. The van der Waals surface area contributed by atoms with E-state index in [4.69, 9.17) is 9.47 Å². The van der Waals surface area contributed by atoms with Crippen LogP contribution < -0.4 is 9.47 Å². The van der Waals surface area contributed by atoms with Crippen LogP contribution in [0.25, 0.3) is 22.3 Å². The van der Waals surface area contributed by atoms with Crippen molar-refractivity contribution in [1.29, 1.82) is 0 Å². The summed E-state index contributed by atoms with van der Waals surface area (Å²) in [6.07, 6.45) is 3.40. The molecule has 0 amide bonds. The van der Waals surface area contributed by atoms with E-state index in [0.717, 1.165) is 29.5 Å². The maximum absolute atomic E-state index is 14.7. The molecule has 184 valence electrons. The lowest BCUT2D eigenvalue weighted by Gasteiger charge is -2.12. The number of hydrogen-bond acceptors (Lipinski definition) is 2. The minimum atomic E-state index is -1.02.